The summed E-state index contributed by atoms with van der Waals surface area (Å²) in [6, 6.07) is 7.66. The van der Waals surface area contributed by atoms with Crippen LogP contribution in [0.5, 0.6) is 5.75 Å². The van der Waals surface area contributed by atoms with Crippen LogP contribution in [0.4, 0.5) is 0 Å². The summed E-state index contributed by atoms with van der Waals surface area (Å²) in [6.45, 7) is 4.89. The second-order valence-corrected chi connectivity index (χ2v) is 5.23. The van der Waals surface area contributed by atoms with Gasteiger partial charge in [-0.25, -0.2) is 4.79 Å². The van der Waals surface area contributed by atoms with Crippen molar-refractivity contribution in [2.45, 2.75) is 33.0 Å². The van der Waals surface area contributed by atoms with Crippen LogP contribution in [0, 0.1) is 5.92 Å². The molecule has 5 nitrogen and oxygen atoms in total. The molecule has 0 spiro atoms. The van der Waals surface area contributed by atoms with E-state index < -0.39 is 6.10 Å². The van der Waals surface area contributed by atoms with Gasteiger partial charge < -0.3 is 19.3 Å². The lowest BCUT2D eigenvalue weighted by atomic mass is 10.0. The highest BCUT2D eigenvalue weighted by molar-refractivity contribution is 5.81. The number of esters is 1. The molecule has 23 heavy (non-hydrogen) atoms. The van der Waals surface area contributed by atoms with Gasteiger partial charge >= 0.3 is 5.97 Å². The summed E-state index contributed by atoms with van der Waals surface area (Å²) in [4.78, 5) is 11.2. The van der Waals surface area contributed by atoms with Crippen LogP contribution in [0.2, 0.25) is 0 Å². The number of rotatable bonds is 10. The molecule has 0 amide bonds. The van der Waals surface area contributed by atoms with Crippen molar-refractivity contribution in [1.82, 2.24) is 0 Å². The summed E-state index contributed by atoms with van der Waals surface area (Å²) < 4.78 is 15.5. The fourth-order valence-corrected chi connectivity index (χ4v) is 1.93. The van der Waals surface area contributed by atoms with E-state index in [4.69, 9.17) is 14.2 Å². The molecule has 1 N–H and O–H groups in total. The Morgan fingerprint density at radius 1 is 1.30 bits per heavy atom. The normalized spacial score (nSPS) is 13.7. The number of methoxy groups -OCH3 is 1. The predicted molar refractivity (Wildman–Crippen MR) is 88.2 cm³/mol. The zero-order valence-corrected chi connectivity index (χ0v) is 14.0. The first kappa shape index (κ1) is 19.2. The number of carbonyl (C=O) groups is 1. The van der Waals surface area contributed by atoms with E-state index in [9.17, 15) is 9.90 Å². The molecule has 1 aromatic carbocycles. The van der Waals surface area contributed by atoms with Gasteiger partial charge in [0.1, 0.15) is 5.75 Å². The fourth-order valence-electron chi connectivity index (χ4n) is 1.93. The van der Waals surface area contributed by atoms with Crippen molar-refractivity contribution < 1.29 is 24.1 Å². The average Bonchev–Trinajstić information content (AvgIpc) is 2.57. The lowest BCUT2D eigenvalue weighted by Gasteiger charge is -2.15. The van der Waals surface area contributed by atoms with Crippen LogP contribution in [0.15, 0.2) is 36.4 Å². The van der Waals surface area contributed by atoms with E-state index in [1.165, 1.54) is 6.08 Å². The van der Waals surface area contributed by atoms with Crippen LogP contribution < -0.4 is 4.74 Å². The van der Waals surface area contributed by atoms with Crippen LogP contribution in [0.25, 0.3) is 0 Å². The molecule has 0 radical (unpaired) electrons. The molecule has 2 atom stereocenters. The monoisotopic (exact) mass is 322 g/mol. The van der Waals surface area contributed by atoms with E-state index in [-0.39, 0.29) is 11.9 Å². The van der Waals surface area contributed by atoms with E-state index in [1.54, 1.807) is 20.1 Å². The largest absolute Gasteiger partial charge is 0.497 e. The summed E-state index contributed by atoms with van der Waals surface area (Å²) in [7, 11) is 1.63. The zero-order valence-electron chi connectivity index (χ0n) is 14.0. The van der Waals surface area contributed by atoms with Gasteiger partial charge in [-0.3, -0.25) is 0 Å². The van der Waals surface area contributed by atoms with Crippen molar-refractivity contribution in [1.29, 1.82) is 0 Å². The van der Waals surface area contributed by atoms with Gasteiger partial charge in [-0.15, -0.1) is 0 Å². The zero-order chi connectivity index (χ0) is 17.1. The Bertz CT molecular complexity index is 481. The molecule has 1 aromatic rings. The number of hydrogen-bond donors (Lipinski definition) is 1. The van der Waals surface area contributed by atoms with E-state index in [2.05, 4.69) is 0 Å². The van der Waals surface area contributed by atoms with Crippen molar-refractivity contribution in [2.24, 2.45) is 5.92 Å². The smallest absolute Gasteiger partial charge is 0.330 e. The Balaban J connectivity index is 2.24. The van der Waals surface area contributed by atoms with Crippen LogP contribution in [0.3, 0.4) is 0 Å². The van der Waals surface area contributed by atoms with E-state index in [1.807, 2.05) is 31.2 Å². The molecule has 128 valence electrons. The standard InChI is InChI=1S/C18H26O5/c1-4-23-18(20)10-5-14(2)17(19)11-12-22-13-15-6-8-16(21-3)9-7-15/h5-10,14,17,19H,4,11-13H2,1-3H3/b10-5+/t14-,17+/m1/s1. The third-order valence-electron chi connectivity index (χ3n) is 3.42. The maximum absolute atomic E-state index is 11.2. The number of hydrogen-bond acceptors (Lipinski definition) is 5. The lowest BCUT2D eigenvalue weighted by Crippen LogP contribution is -2.18. The molecule has 5 heteroatoms. The predicted octanol–water partition coefficient (Wildman–Crippen LogP) is 2.72. The van der Waals surface area contributed by atoms with Gasteiger partial charge in [-0.1, -0.05) is 25.1 Å². The summed E-state index contributed by atoms with van der Waals surface area (Å²) in [5.74, 6) is 0.290. The molecule has 0 aliphatic carbocycles. The van der Waals surface area contributed by atoms with Crippen molar-refractivity contribution in [3.05, 3.63) is 42.0 Å². The van der Waals surface area contributed by atoms with Gasteiger partial charge in [0.05, 0.1) is 26.4 Å². The molecule has 1 rings (SSSR count). The van der Waals surface area contributed by atoms with Gasteiger partial charge in [0.25, 0.3) is 0 Å². The molecule has 0 unspecified atom stereocenters. The highest BCUT2D eigenvalue weighted by Crippen LogP contribution is 2.13. The number of ether oxygens (including phenoxy) is 3. The van der Waals surface area contributed by atoms with E-state index >= 15 is 0 Å². The summed E-state index contributed by atoms with van der Waals surface area (Å²) in [6.07, 6.45) is 2.96. The van der Waals surface area contributed by atoms with Crippen LogP contribution in [-0.4, -0.2) is 37.5 Å². The molecular formula is C18H26O5. The topological polar surface area (TPSA) is 65.0 Å². The van der Waals surface area contributed by atoms with E-state index in [0.29, 0.717) is 26.2 Å². The molecule has 0 fully saturated rings. The third-order valence-corrected chi connectivity index (χ3v) is 3.42. The minimum absolute atomic E-state index is 0.135. The Kier molecular flexibility index (Phi) is 9.02. The summed E-state index contributed by atoms with van der Waals surface area (Å²) in [5.41, 5.74) is 1.05. The molecule has 0 saturated heterocycles. The average molecular weight is 322 g/mol. The Morgan fingerprint density at radius 3 is 2.61 bits per heavy atom. The summed E-state index contributed by atoms with van der Waals surface area (Å²) >= 11 is 0. The second kappa shape index (κ2) is 10.8. The lowest BCUT2D eigenvalue weighted by molar-refractivity contribution is -0.137. The maximum Gasteiger partial charge on any atom is 0.330 e. The first-order valence-electron chi connectivity index (χ1n) is 7.80. The van der Waals surface area contributed by atoms with Gasteiger partial charge in [-0.2, -0.15) is 0 Å². The number of aliphatic hydroxyl groups excluding tert-OH is 1. The molecule has 0 aromatic heterocycles. The highest BCUT2D eigenvalue weighted by atomic mass is 16.5. The van der Waals surface area contributed by atoms with E-state index in [0.717, 1.165) is 11.3 Å². The van der Waals surface area contributed by atoms with Crippen molar-refractivity contribution >= 4 is 5.97 Å². The quantitative estimate of drug-likeness (QED) is 0.408. The van der Waals surface area contributed by atoms with Gasteiger partial charge in [0, 0.05) is 18.6 Å². The van der Waals surface area contributed by atoms with Crippen LogP contribution in [-0.2, 0) is 20.9 Å². The summed E-state index contributed by atoms with van der Waals surface area (Å²) in [5, 5.41) is 10.0. The van der Waals surface area contributed by atoms with Crippen molar-refractivity contribution in [2.75, 3.05) is 20.3 Å². The highest BCUT2D eigenvalue weighted by Gasteiger charge is 2.11. The minimum atomic E-state index is -0.559. The van der Waals surface area contributed by atoms with Crippen LogP contribution in [0.1, 0.15) is 25.8 Å². The van der Waals surface area contributed by atoms with Gasteiger partial charge in [0.2, 0.25) is 0 Å². The van der Waals surface area contributed by atoms with Crippen molar-refractivity contribution in [3.63, 3.8) is 0 Å². The number of carbonyl (C=O) groups excluding carboxylic acids is 1. The second-order valence-electron chi connectivity index (χ2n) is 5.23. The first-order chi connectivity index (χ1) is 11.1. The number of aliphatic hydroxyl groups is 1. The molecule has 0 saturated carbocycles. The Labute approximate surface area is 137 Å². The minimum Gasteiger partial charge on any atom is -0.497 e. The molecular weight excluding hydrogens is 296 g/mol. The molecule has 0 aliphatic rings. The van der Waals surface area contributed by atoms with Gasteiger partial charge in [0.15, 0.2) is 0 Å². The molecule has 0 aliphatic heterocycles. The first-order valence-corrected chi connectivity index (χ1v) is 7.80. The van der Waals surface area contributed by atoms with Crippen LogP contribution >= 0.6 is 0 Å². The maximum atomic E-state index is 11.2. The SMILES string of the molecule is CCOC(=O)/C=C/[C@@H](C)[C@@H](O)CCOCc1ccc(OC)cc1. The number of benzene rings is 1. The third kappa shape index (κ3) is 7.81. The van der Waals surface area contributed by atoms with Crippen molar-refractivity contribution in [3.8, 4) is 5.75 Å². The van der Waals surface area contributed by atoms with Gasteiger partial charge in [-0.05, 0) is 31.0 Å². The molecule has 0 heterocycles. The fraction of sp³-hybridized carbons (Fsp3) is 0.500. The Morgan fingerprint density at radius 2 is 2.00 bits per heavy atom. The Hall–Kier alpha value is -1.85. The molecule has 0 bridgehead atoms.